The molecule has 1 N–H and O–H groups in total. The maximum atomic E-state index is 12.7. The van der Waals surface area contributed by atoms with Crippen molar-refractivity contribution in [1.29, 1.82) is 0 Å². The number of carbonyl (C=O) groups is 3. The molecule has 0 aromatic carbocycles. The molecule has 1 amide bonds. The van der Waals surface area contributed by atoms with Crippen molar-refractivity contribution in [3.8, 4) is 0 Å². The summed E-state index contributed by atoms with van der Waals surface area (Å²) in [5, 5.41) is 2.95. The Hall–Kier alpha value is -1.45. The van der Waals surface area contributed by atoms with E-state index in [1.54, 1.807) is 0 Å². The lowest BCUT2D eigenvalue weighted by Crippen LogP contribution is -2.54. The molecule has 0 unspecified atom stereocenters. The molecule has 0 saturated heterocycles. The lowest BCUT2D eigenvalue weighted by molar-refractivity contribution is -0.127. The number of carbonyl (C=O) groups excluding carboxylic acids is 3. The number of amides is 1. The van der Waals surface area contributed by atoms with Crippen molar-refractivity contribution < 1.29 is 14.4 Å². The molecule has 0 spiro atoms. The lowest BCUT2D eigenvalue weighted by atomic mass is 9.47. The molecule has 4 aliphatic rings. The van der Waals surface area contributed by atoms with Gasteiger partial charge in [0.2, 0.25) is 5.91 Å². The molecule has 3 saturated carbocycles. The molecule has 4 heteroatoms. The number of nitrogens with one attached hydrogen (secondary N) is 1. The van der Waals surface area contributed by atoms with Gasteiger partial charge in [-0.3, -0.25) is 14.4 Å². The summed E-state index contributed by atoms with van der Waals surface area (Å²) in [6.07, 6.45) is 8.33. The average molecular weight is 343 g/mol. The smallest absolute Gasteiger partial charge is 0.217 e. The topological polar surface area (TPSA) is 63.2 Å². The highest BCUT2D eigenvalue weighted by atomic mass is 16.2. The second kappa shape index (κ2) is 5.52. The zero-order valence-corrected chi connectivity index (χ0v) is 15.6. The highest BCUT2D eigenvalue weighted by Gasteiger charge is 2.61. The fourth-order valence-corrected chi connectivity index (χ4v) is 6.80. The molecule has 0 radical (unpaired) electrons. The molecule has 4 aliphatic carbocycles. The lowest BCUT2D eigenvalue weighted by Gasteiger charge is -2.57. The molecule has 6 atom stereocenters. The third kappa shape index (κ3) is 2.36. The van der Waals surface area contributed by atoms with Crippen LogP contribution in [0, 0.1) is 28.6 Å². The van der Waals surface area contributed by atoms with Crippen LogP contribution < -0.4 is 5.32 Å². The summed E-state index contributed by atoms with van der Waals surface area (Å²) in [6, 6.07) is -0.311. The van der Waals surface area contributed by atoms with E-state index in [1.807, 2.05) is 6.08 Å². The number of hydrogen-bond donors (Lipinski definition) is 1. The van der Waals surface area contributed by atoms with Gasteiger partial charge in [0, 0.05) is 19.8 Å². The van der Waals surface area contributed by atoms with E-state index in [9.17, 15) is 14.4 Å². The average Bonchev–Trinajstić information content (AvgIpc) is 2.79. The number of ketones is 2. The first-order chi connectivity index (χ1) is 11.8. The van der Waals surface area contributed by atoms with Crippen LogP contribution in [0.15, 0.2) is 11.6 Å². The molecule has 0 aromatic heterocycles. The van der Waals surface area contributed by atoms with Gasteiger partial charge in [-0.05, 0) is 66.8 Å². The highest BCUT2D eigenvalue weighted by Crippen LogP contribution is 2.64. The second-order valence-electron chi connectivity index (χ2n) is 9.32. The fourth-order valence-electron chi connectivity index (χ4n) is 6.80. The summed E-state index contributed by atoms with van der Waals surface area (Å²) in [4.78, 5) is 36.2. The Morgan fingerprint density at radius 1 is 1.12 bits per heavy atom. The monoisotopic (exact) mass is 343 g/mol. The van der Waals surface area contributed by atoms with Crippen molar-refractivity contribution in [2.24, 2.45) is 28.6 Å². The number of rotatable bonds is 1. The van der Waals surface area contributed by atoms with E-state index in [1.165, 1.54) is 12.5 Å². The molecule has 0 aliphatic heterocycles. The van der Waals surface area contributed by atoms with Crippen molar-refractivity contribution in [1.82, 2.24) is 5.32 Å². The fraction of sp³-hybridized carbons (Fsp3) is 0.762. The number of Topliss-reactive ketones (excluding diaryl/α,β-unsaturated/α-hetero) is 1. The number of fused-ring (bicyclic) bond motifs is 5. The minimum absolute atomic E-state index is 0.103. The molecule has 0 aromatic rings. The van der Waals surface area contributed by atoms with E-state index in [0.717, 1.165) is 32.1 Å². The summed E-state index contributed by atoms with van der Waals surface area (Å²) >= 11 is 0. The van der Waals surface area contributed by atoms with E-state index in [0.29, 0.717) is 30.6 Å². The van der Waals surface area contributed by atoms with Crippen LogP contribution in [0.3, 0.4) is 0 Å². The van der Waals surface area contributed by atoms with Crippen molar-refractivity contribution in [2.45, 2.75) is 71.8 Å². The standard InChI is InChI=1S/C21H29NO3/c1-12(23)22-19-18(25)11-17-15-5-4-13-10-14(24)6-8-20(13,2)16(15)7-9-21(17,19)3/h10,15-17,19H,4-9,11H2,1-3H3,(H,22,23)/t15-,16-,17+,19+,20-,21+/m1/s1. The quantitative estimate of drug-likeness (QED) is 0.795. The zero-order chi connectivity index (χ0) is 18.0. The number of allylic oxidation sites excluding steroid dienone is 1. The van der Waals surface area contributed by atoms with Crippen LogP contribution in [-0.2, 0) is 14.4 Å². The van der Waals surface area contributed by atoms with Gasteiger partial charge in [-0.2, -0.15) is 0 Å². The second-order valence-corrected chi connectivity index (χ2v) is 9.32. The van der Waals surface area contributed by atoms with Gasteiger partial charge in [-0.1, -0.05) is 19.4 Å². The van der Waals surface area contributed by atoms with E-state index in [4.69, 9.17) is 0 Å². The van der Waals surface area contributed by atoms with Gasteiger partial charge in [0.25, 0.3) is 0 Å². The van der Waals surface area contributed by atoms with E-state index < -0.39 is 0 Å². The van der Waals surface area contributed by atoms with Gasteiger partial charge >= 0.3 is 0 Å². The van der Waals surface area contributed by atoms with Crippen molar-refractivity contribution >= 4 is 17.5 Å². The van der Waals surface area contributed by atoms with Crippen LogP contribution in [0.4, 0.5) is 0 Å². The van der Waals surface area contributed by atoms with Crippen molar-refractivity contribution in [2.75, 3.05) is 0 Å². The Balaban J connectivity index is 1.66. The van der Waals surface area contributed by atoms with Crippen LogP contribution in [0.25, 0.3) is 0 Å². The zero-order valence-electron chi connectivity index (χ0n) is 15.6. The third-order valence-corrected chi connectivity index (χ3v) is 8.15. The predicted molar refractivity (Wildman–Crippen MR) is 94.7 cm³/mol. The Morgan fingerprint density at radius 3 is 2.60 bits per heavy atom. The molecule has 0 heterocycles. The summed E-state index contributed by atoms with van der Waals surface area (Å²) in [5.74, 6) is 1.88. The minimum Gasteiger partial charge on any atom is -0.346 e. The first-order valence-corrected chi connectivity index (χ1v) is 9.79. The van der Waals surface area contributed by atoms with Gasteiger partial charge in [-0.25, -0.2) is 0 Å². The van der Waals surface area contributed by atoms with E-state index >= 15 is 0 Å². The molecule has 4 rings (SSSR count). The molecule has 25 heavy (non-hydrogen) atoms. The molecule has 4 nitrogen and oxygen atoms in total. The number of hydrogen-bond acceptors (Lipinski definition) is 3. The maximum absolute atomic E-state index is 12.7. The predicted octanol–water partition coefficient (Wildman–Crippen LogP) is 3.20. The molecule has 0 bridgehead atoms. The summed E-state index contributed by atoms with van der Waals surface area (Å²) < 4.78 is 0. The molecule has 3 fully saturated rings. The first kappa shape index (κ1) is 17.0. The SMILES string of the molecule is CC(=O)N[C@H]1C(=O)C[C@H]2[C@@H]3CCC4=CC(=O)CC[C@@]4(C)[C@@H]3CC[C@]12C. The van der Waals surface area contributed by atoms with Crippen LogP contribution in [0.5, 0.6) is 0 Å². The van der Waals surface area contributed by atoms with Crippen LogP contribution in [0.1, 0.15) is 65.7 Å². The van der Waals surface area contributed by atoms with Crippen LogP contribution in [0.2, 0.25) is 0 Å². The van der Waals surface area contributed by atoms with Gasteiger partial charge in [0.05, 0.1) is 6.04 Å². The Bertz CT molecular complexity index is 681. The summed E-state index contributed by atoms with van der Waals surface area (Å²) in [5.41, 5.74) is 1.38. The highest BCUT2D eigenvalue weighted by molar-refractivity contribution is 5.92. The van der Waals surface area contributed by atoms with Crippen LogP contribution in [-0.4, -0.2) is 23.5 Å². The van der Waals surface area contributed by atoms with Gasteiger partial charge in [0.15, 0.2) is 11.6 Å². The molecular weight excluding hydrogens is 314 g/mol. The Labute approximate surface area is 149 Å². The van der Waals surface area contributed by atoms with Gasteiger partial charge < -0.3 is 5.32 Å². The van der Waals surface area contributed by atoms with E-state index in [-0.39, 0.29) is 34.3 Å². The van der Waals surface area contributed by atoms with Crippen molar-refractivity contribution in [3.05, 3.63) is 11.6 Å². The first-order valence-electron chi connectivity index (χ1n) is 9.79. The summed E-state index contributed by atoms with van der Waals surface area (Å²) in [7, 11) is 0. The van der Waals surface area contributed by atoms with Gasteiger partial charge in [-0.15, -0.1) is 0 Å². The van der Waals surface area contributed by atoms with Crippen LogP contribution >= 0.6 is 0 Å². The molecular formula is C21H29NO3. The summed E-state index contributed by atoms with van der Waals surface area (Å²) in [6.45, 7) is 6.08. The van der Waals surface area contributed by atoms with Crippen molar-refractivity contribution in [3.63, 3.8) is 0 Å². The Kier molecular flexibility index (Phi) is 3.75. The normalized spacial score (nSPS) is 46.0. The Morgan fingerprint density at radius 2 is 1.88 bits per heavy atom. The largest absolute Gasteiger partial charge is 0.346 e. The minimum atomic E-state index is -0.311. The molecule has 136 valence electrons. The van der Waals surface area contributed by atoms with E-state index in [2.05, 4.69) is 19.2 Å². The third-order valence-electron chi connectivity index (χ3n) is 8.15. The van der Waals surface area contributed by atoms with Gasteiger partial charge in [0.1, 0.15) is 0 Å². The maximum Gasteiger partial charge on any atom is 0.217 e.